The van der Waals surface area contributed by atoms with Crippen molar-refractivity contribution in [3.63, 3.8) is 0 Å². The van der Waals surface area contributed by atoms with Gasteiger partial charge in [0.25, 0.3) is 0 Å². The summed E-state index contributed by atoms with van der Waals surface area (Å²) in [5, 5.41) is 4.66. The van der Waals surface area contributed by atoms with Crippen LogP contribution in [0.4, 0.5) is 17.1 Å². The van der Waals surface area contributed by atoms with Crippen LogP contribution in [0.5, 0.6) is 0 Å². The second kappa shape index (κ2) is 11.6. The molecule has 0 N–H and O–H groups in total. The molecule has 1 heterocycles. The first-order valence-electron chi connectivity index (χ1n) is 14.7. The number of anilines is 3. The van der Waals surface area contributed by atoms with Crippen molar-refractivity contribution in [2.24, 2.45) is 0 Å². The van der Waals surface area contributed by atoms with Crippen LogP contribution < -0.4 is 4.90 Å². The quantitative estimate of drug-likeness (QED) is 0.169. The molecule has 224 valence electrons. The van der Waals surface area contributed by atoms with E-state index >= 15 is 0 Å². The van der Waals surface area contributed by atoms with E-state index in [1.807, 2.05) is 12.1 Å². The molecular formula is C38H40BrCl2NS. The highest BCUT2D eigenvalue weighted by Crippen LogP contribution is 2.48. The number of nitrogens with zero attached hydrogens (tertiary/aromatic N) is 1. The van der Waals surface area contributed by atoms with E-state index in [1.54, 1.807) is 11.3 Å². The smallest absolute Gasteiger partial charge is 0.0789 e. The maximum Gasteiger partial charge on any atom is 0.0789 e. The lowest BCUT2D eigenvalue weighted by molar-refractivity contribution is 0.569. The van der Waals surface area contributed by atoms with Crippen LogP contribution in [0.3, 0.4) is 0 Å². The first-order chi connectivity index (χ1) is 19.9. The minimum atomic E-state index is 0.0318. The summed E-state index contributed by atoms with van der Waals surface area (Å²) in [5.41, 5.74) is 9.46. The Labute approximate surface area is 280 Å². The average Bonchev–Trinajstić information content (AvgIpc) is 3.33. The van der Waals surface area contributed by atoms with Crippen LogP contribution in [0.15, 0.2) is 82.6 Å². The van der Waals surface area contributed by atoms with Gasteiger partial charge < -0.3 is 4.90 Å². The molecule has 43 heavy (non-hydrogen) atoms. The van der Waals surface area contributed by atoms with Crippen molar-refractivity contribution in [2.45, 2.75) is 78.6 Å². The zero-order valence-electron chi connectivity index (χ0n) is 26.5. The van der Waals surface area contributed by atoms with Crippen molar-refractivity contribution in [1.29, 1.82) is 0 Å². The summed E-state index contributed by atoms with van der Waals surface area (Å²) in [4.78, 5) is 2.24. The molecule has 1 aromatic heterocycles. The number of rotatable bonds is 4. The first kappa shape index (κ1) is 32.1. The van der Waals surface area contributed by atoms with Crippen molar-refractivity contribution in [2.75, 3.05) is 4.90 Å². The standard InChI is InChI=1S/C38H40BrCl2NS/c1-36(2,3)25-12-15-34-30(19-25)33(22-43-34)42(32-21-28(40)20-31(39)35(32)41)29-13-10-23(11-14-29)24-16-26(37(4,5)6)18-27(17-24)38(7,8)9/h10-22H,1-9H3. The van der Waals surface area contributed by atoms with Gasteiger partial charge in [-0.25, -0.2) is 0 Å². The van der Waals surface area contributed by atoms with Crippen molar-refractivity contribution < 1.29 is 0 Å². The third-order valence-corrected chi connectivity index (χ3v) is 10.4. The number of hydrogen-bond donors (Lipinski definition) is 0. The Kier molecular flexibility index (Phi) is 8.64. The van der Waals surface area contributed by atoms with Gasteiger partial charge in [-0.1, -0.05) is 122 Å². The molecule has 0 saturated heterocycles. The van der Waals surface area contributed by atoms with E-state index < -0.39 is 0 Å². The van der Waals surface area contributed by atoms with E-state index in [1.165, 1.54) is 37.9 Å². The fraction of sp³-hybridized carbons (Fsp3) is 0.316. The molecule has 4 aromatic carbocycles. The van der Waals surface area contributed by atoms with Gasteiger partial charge in [0.15, 0.2) is 0 Å². The second-order valence-corrected chi connectivity index (χ2v) is 17.1. The second-order valence-electron chi connectivity index (χ2n) is 14.5. The summed E-state index contributed by atoms with van der Waals surface area (Å²) < 4.78 is 2.00. The SMILES string of the molecule is CC(C)(C)c1cc(-c2ccc(N(c3cc(Cl)cc(Br)c3Cl)c3csc4ccc(C(C)(C)C)cc34)cc2)cc(C(C)(C)C)c1. The van der Waals surface area contributed by atoms with Crippen molar-refractivity contribution in [3.8, 4) is 11.1 Å². The van der Waals surface area contributed by atoms with Gasteiger partial charge in [-0.3, -0.25) is 0 Å². The maximum atomic E-state index is 6.99. The Morgan fingerprint density at radius 1 is 0.605 bits per heavy atom. The predicted molar refractivity (Wildman–Crippen MR) is 196 cm³/mol. The van der Waals surface area contributed by atoms with Crippen molar-refractivity contribution in [1.82, 2.24) is 0 Å². The van der Waals surface area contributed by atoms with Gasteiger partial charge in [-0.2, -0.15) is 0 Å². The monoisotopic (exact) mass is 691 g/mol. The number of fused-ring (bicyclic) bond motifs is 1. The summed E-state index contributed by atoms with van der Waals surface area (Å²) >= 11 is 19.0. The third kappa shape index (κ3) is 6.71. The predicted octanol–water partition coefficient (Wildman–Crippen LogP) is 14.0. The molecule has 0 aliphatic carbocycles. The van der Waals surface area contributed by atoms with Gasteiger partial charge in [0.2, 0.25) is 0 Å². The van der Waals surface area contributed by atoms with Gasteiger partial charge in [0, 0.05) is 30.6 Å². The molecule has 5 aromatic rings. The van der Waals surface area contributed by atoms with Crippen LogP contribution in [0, 0.1) is 0 Å². The minimum Gasteiger partial charge on any atom is -0.307 e. The molecule has 0 atom stereocenters. The molecule has 0 radical (unpaired) electrons. The number of hydrogen-bond acceptors (Lipinski definition) is 2. The Bertz CT molecular complexity index is 1770. The van der Waals surface area contributed by atoms with Crippen LogP contribution in [0.2, 0.25) is 10.0 Å². The molecule has 0 fully saturated rings. The molecular weight excluding hydrogens is 653 g/mol. The lowest BCUT2D eigenvalue weighted by Crippen LogP contribution is -2.16. The molecule has 0 aliphatic rings. The number of benzene rings is 4. The van der Waals surface area contributed by atoms with Crippen molar-refractivity contribution >= 4 is 77.6 Å². The van der Waals surface area contributed by atoms with Crippen LogP contribution in [0.1, 0.15) is 79.0 Å². The highest BCUT2D eigenvalue weighted by atomic mass is 79.9. The summed E-state index contributed by atoms with van der Waals surface area (Å²) in [6.07, 6.45) is 0. The summed E-state index contributed by atoms with van der Waals surface area (Å²) in [6, 6.07) is 26.5. The highest BCUT2D eigenvalue weighted by Gasteiger charge is 2.24. The molecule has 5 heteroatoms. The topological polar surface area (TPSA) is 3.24 Å². The van der Waals surface area contributed by atoms with Crippen LogP contribution >= 0.6 is 50.5 Å². The Balaban J connectivity index is 1.70. The number of halogens is 3. The summed E-state index contributed by atoms with van der Waals surface area (Å²) in [5.74, 6) is 0. The highest BCUT2D eigenvalue weighted by molar-refractivity contribution is 9.10. The van der Waals surface area contributed by atoms with Gasteiger partial charge in [-0.05, 0) is 96.4 Å². The Hall–Kier alpha value is -2.30. The summed E-state index contributed by atoms with van der Waals surface area (Å²) in [7, 11) is 0. The molecule has 5 rings (SSSR count). The molecule has 0 unspecified atom stereocenters. The molecule has 0 bridgehead atoms. The van der Waals surface area contributed by atoms with Crippen LogP contribution in [0.25, 0.3) is 21.2 Å². The van der Waals surface area contributed by atoms with Crippen molar-refractivity contribution in [3.05, 3.63) is 109 Å². The first-order valence-corrected chi connectivity index (χ1v) is 17.1. The van der Waals surface area contributed by atoms with Gasteiger partial charge in [0.1, 0.15) is 0 Å². The largest absolute Gasteiger partial charge is 0.307 e. The van der Waals surface area contributed by atoms with Gasteiger partial charge in [0.05, 0.1) is 16.4 Å². The molecule has 0 saturated carbocycles. The van der Waals surface area contributed by atoms with E-state index in [9.17, 15) is 0 Å². The number of thiophene rings is 1. The minimum absolute atomic E-state index is 0.0318. The molecule has 0 amide bonds. The third-order valence-electron chi connectivity index (χ3n) is 8.00. The maximum absolute atomic E-state index is 6.99. The Morgan fingerprint density at radius 2 is 1.19 bits per heavy atom. The van der Waals surface area contributed by atoms with Gasteiger partial charge >= 0.3 is 0 Å². The average molecular weight is 694 g/mol. The molecule has 0 spiro atoms. The van der Waals surface area contributed by atoms with E-state index in [0.29, 0.717) is 10.0 Å². The molecule has 0 aliphatic heterocycles. The Morgan fingerprint density at radius 3 is 1.74 bits per heavy atom. The molecule has 1 nitrogen and oxygen atoms in total. The zero-order valence-corrected chi connectivity index (χ0v) is 30.4. The lowest BCUT2D eigenvalue weighted by atomic mass is 9.79. The summed E-state index contributed by atoms with van der Waals surface area (Å²) in [6.45, 7) is 20.4. The zero-order chi connectivity index (χ0) is 31.5. The fourth-order valence-corrected chi connectivity index (χ4v) is 7.13. The van der Waals surface area contributed by atoms with E-state index in [-0.39, 0.29) is 16.2 Å². The normalized spacial score (nSPS) is 12.7. The fourth-order valence-electron chi connectivity index (χ4n) is 5.23. The van der Waals surface area contributed by atoms with Gasteiger partial charge in [-0.15, -0.1) is 11.3 Å². The van der Waals surface area contributed by atoms with E-state index in [2.05, 4.69) is 149 Å². The lowest BCUT2D eigenvalue weighted by Gasteiger charge is -2.28. The van der Waals surface area contributed by atoms with E-state index in [0.717, 1.165) is 21.5 Å². The van der Waals surface area contributed by atoms with Crippen LogP contribution in [-0.4, -0.2) is 0 Å². The van der Waals surface area contributed by atoms with Crippen LogP contribution in [-0.2, 0) is 16.2 Å². The van der Waals surface area contributed by atoms with E-state index in [4.69, 9.17) is 23.2 Å².